The maximum Gasteiger partial charge on any atom is 0.118 e. The second-order valence-electron chi connectivity index (χ2n) is 3.59. The molecule has 0 amide bonds. The third-order valence-electron chi connectivity index (χ3n) is 2.39. The Bertz CT molecular complexity index is 591. The van der Waals surface area contributed by atoms with Crippen LogP contribution in [0.5, 0.6) is 5.75 Å². The van der Waals surface area contributed by atoms with Crippen molar-refractivity contribution in [3.8, 4) is 17.6 Å². The molecule has 0 saturated heterocycles. The molecule has 0 saturated carbocycles. The van der Waals surface area contributed by atoms with Crippen molar-refractivity contribution in [1.82, 2.24) is 0 Å². The zero-order valence-electron chi connectivity index (χ0n) is 9.12. The van der Waals surface area contributed by atoms with Gasteiger partial charge in [0.15, 0.2) is 0 Å². The Morgan fingerprint density at radius 3 is 2.88 bits per heavy atom. The summed E-state index contributed by atoms with van der Waals surface area (Å²) in [4.78, 5) is 0. The number of anilines is 1. The van der Waals surface area contributed by atoms with E-state index in [2.05, 4.69) is 11.8 Å². The summed E-state index contributed by atoms with van der Waals surface area (Å²) in [5.74, 6) is 6.30. The summed E-state index contributed by atoms with van der Waals surface area (Å²) in [5.41, 5.74) is 7.38. The van der Waals surface area contributed by atoms with Crippen LogP contribution in [0.4, 0.5) is 5.69 Å². The van der Waals surface area contributed by atoms with E-state index >= 15 is 0 Å². The molecule has 0 aliphatic heterocycles. The highest BCUT2D eigenvalue weighted by atomic mass is 16.3. The van der Waals surface area contributed by atoms with Gasteiger partial charge in [0, 0.05) is 29.1 Å². The Morgan fingerprint density at radius 2 is 2.12 bits per heavy atom. The standard InChI is InChI=1S/C14H13NO/c1-2-3-5-10-6-4-7-11-8-12(16)9-13(15)14(10)11/h4,6-9,16H,2,15H2,1H3. The van der Waals surface area contributed by atoms with Crippen LogP contribution in [0, 0.1) is 11.8 Å². The van der Waals surface area contributed by atoms with Crippen molar-refractivity contribution < 1.29 is 5.11 Å². The molecule has 16 heavy (non-hydrogen) atoms. The summed E-state index contributed by atoms with van der Waals surface area (Å²) in [5, 5.41) is 11.3. The SMILES string of the molecule is CCC#Cc1cccc2cc(O)cc(N)c12. The number of fused-ring (bicyclic) bond motifs is 1. The molecule has 0 radical (unpaired) electrons. The predicted molar refractivity (Wildman–Crippen MR) is 67.2 cm³/mol. The van der Waals surface area contributed by atoms with Gasteiger partial charge in [-0.15, -0.1) is 0 Å². The first-order valence-electron chi connectivity index (χ1n) is 5.22. The van der Waals surface area contributed by atoms with Crippen molar-refractivity contribution in [1.29, 1.82) is 0 Å². The Hall–Kier alpha value is -2.14. The predicted octanol–water partition coefficient (Wildman–Crippen LogP) is 2.89. The molecule has 0 atom stereocenters. The lowest BCUT2D eigenvalue weighted by molar-refractivity contribution is 0.476. The fourth-order valence-electron chi connectivity index (χ4n) is 1.73. The first kappa shape index (κ1) is 10.4. The monoisotopic (exact) mass is 211 g/mol. The van der Waals surface area contributed by atoms with Crippen LogP contribution in [0.3, 0.4) is 0 Å². The maximum atomic E-state index is 9.46. The molecule has 2 aromatic carbocycles. The van der Waals surface area contributed by atoms with Gasteiger partial charge in [-0.3, -0.25) is 0 Å². The number of phenolic OH excluding ortho intramolecular Hbond substituents is 1. The van der Waals surface area contributed by atoms with Gasteiger partial charge in [0.2, 0.25) is 0 Å². The van der Waals surface area contributed by atoms with Crippen LogP contribution in [0.25, 0.3) is 10.8 Å². The van der Waals surface area contributed by atoms with Crippen LogP contribution in [-0.4, -0.2) is 5.11 Å². The Morgan fingerprint density at radius 1 is 1.31 bits per heavy atom. The molecule has 0 aliphatic rings. The van der Waals surface area contributed by atoms with Crippen LogP contribution in [0.2, 0.25) is 0 Å². The van der Waals surface area contributed by atoms with Gasteiger partial charge in [0.25, 0.3) is 0 Å². The molecular formula is C14H13NO. The van der Waals surface area contributed by atoms with E-state index in [1.54, 1.807) is 12.1 Å². The number of phenols is 1. The minimum Gasteiger partial charge on any atom is -0.508 e. The molecule has 0 fully saturated rings. The van der Waals surface area contributed by atoms with E-state index in [0.29, 0.717) is 5.69 Å². The molecule has 3 N–H and O–H groups in total. The molecule has 0 aromatic heterocycles. The van der Waals surface area contributed by atoms with Gasteiger partial charge in [-0.1, -0.05) is 30.9 Å². The van der Waals surface area contributed by atoms with E-state index in [0.717, 1.165) is 22.8 Å². The van der Waals surface area contributed by atoms with Crippen molar-refractivity contribution in [2.75, 3.05) is 5.73 Å². The van der Waals surface area contributed by atoms with Crippen LogP contribution in [0.15, 0.2) is 30.3 Å². The summed E-state index contributed by atoms with van der Waals surface area (Å²) in [7, 11) is 0. The number of rotatable bonds is 0. The van der Waals surface area contributed by atoms with Gasteiger partial charge in [-0.05, 0) is 17.5 Å². The van der Waals surface area contributed by atoms with Gasteiger partial charge in [0.05, 0.1) is 0 Å². The van der Waals surface area contributed by atoms with Gasteiger partial charge in [-0.2, -0.15) is 0 Å². The lowest BCUT2D eigenvalue weighted by atomic mass is 10.0. The fourth-order valence-corrected chi connectivity index (χ4v) is 1.73. The quantitative estimate of drug-likeness (QED) is 0.520. The van der Waals surface area contributed by atoms with Crippen LogP contribution in [-0.2, 0) is 0 Å². The first-order chi connectivity index (χ1) is 7.72. The van der Waals surface area contributed by atoms with Crippen molar-refractivity contribution >= 4 is 16.5 Å². The lowest BCUT2D eigenvalue weighted by Crippen LogP contribution is -1.89. The minimum absolute atomic E-state index is 0.186. The number of hydrogen-bond donors (Lipinski definition) is 2. The number of hydrogen-bond acceptors (Lipinski definition) is 2. The fraction of sp³-hybridized carbons (Fsp3) is 0.143. The second kappa shape index (κ2) is 4.16. The van der Waals surface area contributed by atoms with Crippen LogP contribution >= 0.6 is 0 Å². The highest BCUT2D eigenvalue weighted by Gasteiger charge is 2.04. The van der Waals surface area contributed by atoms with Crippen molar-refractivity contribution in [2.24, 2.45) is 0 Å². The molecule has 0 heterocycles. The van der Waals surface area contributed by atoms with Gasteiger partial charge < -0.3 is 10.8 Å². The summed E-state index contributed by atoms with van der Waals surface area (Å²) >= 11 is 0. The number of nitrogens with two attached hydrogens (primary N) is 1. The zero-order chi connectivity index (χ0) is 11.5. The van der Waals surface area contributed by atoms with E-state index in [4.69, 9.17) is 5.73 Å². The minimum atomic E-state index is 0.186. The molecule has 0 bridgehead atoms. The van der Waals surface area contributed by atoms with Gasteiger partial charge in [-0.25, -0.2) is 0 Å². The third kappa shape index (κ3) is 1.80. The Labute approximate surface area is 94.7 Å². The molecule has 2 nitrogen and oxygen atoms in total. The molecule has 0 aliphatic carbocycles. The Kier molecular flexibility index (Phi) is 2.70. The van der Waals surface area contributed by atoms with Crippen molar-refractivity contribution in [2.45, 2.75) is 13.3 Å². The van der Waals surface area contributed by atoms with Crippen molar-refractivity contribution in [3.05, 3.63) is 35.9 Å². The van der Waals surface area contributed by atoms with Crippen LogP contribution < -0.4 is 5.73 Å². The van der Waals surface area contributed by atoms with E-state index in [1.807, 2.05) is 25.1 Å². The second-order valence-corrected chi connectivity index (χ2v) is 3.59. The maximum absolute atomic E-state index is 9.46. The van der Waals surface area contributed by atoms with Crippen LogP contribution in [0.1, 0.15) is 18.9 Å². The molecule has 80 valence electrons. The highest BCUT2D eigenvalue weighted by molar-refractivity contribution is 5.98. The smallest absolute Gasteiger partial charge is 0.118 e. The molecule has 2 aromatic rings. The third-order valence-corrected chi connectivity index (χ3v) is 2.39. The van der Waals surface area contributed by atoms with Gasteiger partial charge in [0.1, 0.15) is 5.75 Å². The number of aromatic hydroxyl groups is 1. The largest absolute Gasteiger partial charge is 0.508 e. The van der Waals surface area contributed by atoms with E-state index < -0.39 is 0 Å². The molecule has 2 heteroatoms. The first-order valence-corrected chi connectivity index (χ1v) is 5.22. The molecule has 2 rings (SSSR count). The van der Waals surface area contributed by atoms with E-state index in [-0.39, 0.29) is 5.75 Å². The molecule has 0 spiro atoms. The number of nitrogen functional groups attached to an aromatic ring is 1. The lowest BCUT2D eigenvalue weighted by Gasteiger charge is -2.05. The summed E-state index contributed by atoms with van der Waals surface area (Å²) in [6.07, 6.45) is 0.814. The highest BCUT2D eigenvalue weighted by Crippen LogP contribution is 2.28. The van der Waals surface area contributed by atoms with Crippen molar-refractivity contribution in [3.63, 3.8) is 0 Å². The zero-order valence-corrected chi connectivity index (χ0v) is 9.12. The topological polar surface area (TPSA) is 46.2 Å². The van der Waals surface area contributed by atoms with Gasteiger partial charge >= 0.3 is 0 Å². The van der Waals surface area contributed by atoms with E-state index in [1.165, 1.54) is 0 Å². The van der Waals surface area contributed by atoms with E-state index in [9.17, 15) is 5.11 Å². The summed E-state index contributed by atoms with van der Waals surface area (Å²) < 4.78 is 0. The summed E-state index contributed by atoms with van der Waals surface area (Å²) in [6, 6.07) is 9.03. The average Bonchev–Trinajstić information content (AvgIpc) is 2.25. The molecule has 0 unspecified atom stereocenters. The Balaban J connectivity index is 2.76. The molecular weight excluding hydrogens is 198 g/mol. The summed E-state index contributed by atoms with van der Waals surface area (Å²) in [6.45, 7) is 2.01. The normalized spacial score (nSPS) is 9.81. The number of benzene rings is 2. The average molecular weight is 211 g/mol.